The standard InChI is InChI=1S/C12H22N2O3/c1-3-13-7-8(2)12(17)14-10(6-11(15)16)9-4-5-9/h8-10,13H,3-7H2,1-2H3,(H,14,17)(H,15,16). The van der Waals surface area contributed by atoms with Gasteiger partial charge in [-0.05, 0) is 25.3 Å². The molecule has 1 saturated carbocycles. The molecule has 2 unspecified atom stereocenters. The van der Waals surface area contributed by atoms with Crippen LogP contribution in [0.1, 0.15) is 33.1 Å². The van der Waals surface area contributed by atoms with Crippen LogP contribution in [0.15, 0.2) is 0 Å². The van der Waals surface area contributed by atoms with Crippen LogP contribution in [-0.2, 0) is 9.59 Å². The summed E-state index contributed by atoms with van der Waals surface area (Å²) in [4.78, 5) is 22.5. The first-order valence-electron chi connectivity index (χ1n) is 6.27. The summed E-state index contributed by atoms with van der Waals surface area (Å²) >= 11 is 0. The summed E-state index contributed by atoms with van der Waals surface area (Å²) < 4.78 is 0. The van der Waals surface area contributed by atoms with Crippen molar-refractivity contribution >= 4 is 11.9 Å². The molecule has 0 aromatic carbocycles. The van der Waals surface area contributed by atoms with Gasteiger partial charge >= 0.3 is 5.97 Å². The van der Waals surface area contributed by atoms with Crippen molar-refractivity contribution in [3.63, 3.8) is 0 Å². The first-order valence-corrected chi connectivity index (χ1v) is 6.27. The van der Waals surface area contributed by atoms with E-state index in [4.69, 9.17) is 5.11 Å². The number of rotatable bonds is 8. The van der Waals surface area contributed by atoms with Gasteiger partial charge in [0.2, 0.25) is 5.91 Å². The number of amides is 1. The molecule has 0 bridgehead atoms. The summed E-state index contributed by atoms with van der Waals surface area (Å²) in [6.45, 7) is 5.30. The van der Waals surface area contributed by atoms with Crippen molar-refractivity contribution in [3.8, 4) is 0 Å². The van der Waals surface area contributed by atoms with E-state index in [0.717, 1.165) is 19.4 Å². The fourth-order valence-electron chi connectivity index (χ4n) is 1.80. The third kappa shape index (κ3) is 5.17. The maximum atomic E-state index is 11.8. The number of hydrogen-bond acceptors (Lipinski definition) is 3. The van der Waals surface area contributed by atoms with E-state index in [0.29, 0.717) is 12.5 Å². The van der Waals surface area contributed by atoms with E-state index in [9.17, 15) is 9.59 Å². The minimum absolute atomic E-state index is 0.0321. The number of nitrogens with one attached hydrogen (secondary N) is 2. The lowest BCUT2D eigenvalue weighted by Gasteiger charge is -2.19. The summed E-state index contributed by atoms with van der Waals surface area (Å²) in [5, 5.41) is 14.8. The lowest BCUT2D eigenvalue weighted by molar-refractivity contribution is -0.138. The predicted octanol–water partition coefficient (Wildman–Crippen LogP) is 0.601. The molecule has 0 spiro atoms. The van der Waals surface area contributed by atoms with Crippen molar-refractivity contribution in [1.82, 2.24) is 10.6 Å². The van der Waals surface area contributed by atoms with Crippen LogP contribution in [0, 0.1) is 11.8 Å². The second-order valence-corrected chi connectivity index (χ2v) is 4.76. The van der Waals surface area contributed by atoms with Crippen LogP contribution in [-0.4, -0.2) is 36.1 Å². The lowest BCUT2D eigenvalue weighted by atomic mass is 10.1. The molecule has 1 aliphatic rings. The highest BCUT2D eigenvalue weighted by Crippen LogP contribution is 2.34. The first kappa shape index (κ1) is 14.0. The normalized spacial score (nSPS) is 18.5. The summed E-state index contributed by atoms with van der Waals surface area (Å²) in [5.41, 5.74) is 0. The van der Waals surface area contributed by atoms with E-state index in [1.807, 2.05) is 13.8 Å². The van der Waals surface area contributed by atoms with Crippen molar-refractivity contribution in [2.24, 2.45) is 11.8 Å². The average Bonchev–Trinajstić information content (AvgIpc) is 3.07. The predicted molar refractivity (Wildman–Crippen MR) is 64.6 cm³/mol. The molecule has 5 heteroatoms. The van der Waals surface area contributed by atoms with Gasteiger partial charge in [-0.15, -0.1) is 0 Å². The molecular formula is C12H22N2O3. The van der Waals surface area contributed by atoms with Crippen molar-refractivity contribution in [3.05, 3.63) is 0 Å². The Kier molecular flexibility index (Phi) is 5.41. The van der Waals surface area contributed by atoms with E-state index in [1.54, 1.807) is 0 Å². The van der Waals surface area contributed by atoms with Gasteiger partial charge in [0.25, 0.3) is 0 Å². The summed E-state index contributed by atoms with van der Waals surface area (Å²) in [6, 6.07) is -0.191. The molecule has 0 radical (unpaired) electrons. The Labute approximate surface area is 102 Å². The molecule has 0 aliphatic heterocycles. The van der Waals surface area contributed by atoms with Crippen LogP contribution >= 0.6 is 0 Å². The lowest BCUT2D eigenvalue weighted by Crippen LogP contribution is -2.43. The highest BCUT2D eigenvalue weighted by molar-refractivity contribution is 5.79. The van der Waals surface area contributed by atoms with E-state index in [2.05, 4.69) is 10.6 Å². The molecule has 98 valence electrons. The van der Waals surface area contributed by atoms with Gasteiger partial charge in [0.15, 0.2) is 0 Å². The van der Waals surface area contributed by atoms with E-state index >= 15 is 0 Å². The summed E-state index contributed by atoms with van der Waals surface area (Å²) in [5.74, 6) is -0.656. The smallest absolute Gasteiger partial charge is 0.305 e. The molecule has 0 heterocycles. The fraction of sp³-hybridized carbons (Fsp3) is 0.833. The van der Waals surface area contributed by atoms with Crippen molar-refractivity contribution in [1.29, 1.82) is 0 Å². The Bertz CT molecular complexity index is 277. The minimum atomic E-state index is -0.846. The molecule has 1 rings (SSSR count). The van der Waals surface area contributed by atoms with Gasteiger partial charge in [0.05, 0.1) is 6.42 Å². The molecule has 0 saturated heterocycles. The second-order valence-electron chi connectivity index (χ2n) is 4.76. The maximum absolute atomic E-state index is 11.8. The van der Waals surface area contributed by atoms with Gasteiger partial charge in [-0.1, -0.05) is 13.8 Å². The van der Waals surface area contributed by atoms with Crippen LogP contribution < -0.4 is 10.6 Å². The van der Waals surface area contributed by atoms with Crippen molar-refractivity contribution < 1.29 is 14.7 Å². The van der Waals surface area contributed by atoms with Crippen LogP contribution in [0.4, 0.5) is 0 Å². The van der Waals surface area contributed by atoms with E-state index in [1.165, 1.54) is 0 Å². The zero-order valence-corrected chi connectivity index (χ0v) is 10.5. The molecule has 5 nitrogen and oxygen atoms in total. The van der Waals surface area contributed by atoms with Crippen LogP contribution in [0.3, 0.4) is 0 Å². The molecule has 3 N–H and O–H groups in total. The topological polar surface area (TPSA) is 78.4 Å². The van der Waals surface area contributed by atoms with Crippen LogP contribution in [0.25, 0.3) is 0 Å². The zero-order valence-electron chi connectivity index (χ0n) is 10.5. The molecule has 0 aromatic heterocycles. The zero-order chi connectivity index (χ0) is 12.8. The Hall–Kier alpha value is -1.10. The Morgan fingerprint density at radius 2 is 2.06 bits per heavy atom. The quantitative estimate of drug-likeness (QED) is 0.582. The third-order valence-corrected chi connectivity index (χ3v) is 3.06. The average molecular weight is 242 g/mol. The van der Waals surface area contributed by atoms with E-state index in [-0.39, 0.29) is 24.3 Å². The fourth-order valence-corrected chi connectivity index (χ4v) is 1.80. The number of carboxylic acid groups (broad SMARTS) is 1. The Morgan fingerprint density at radius 3 is 2.53 bits per heavy atom. The number of carbonyl (C=O) groups excluding carboxylic acids is 1. The van der Waals surface area contributed by atoms with Crippen LogP contribution in [0.5, 0.6) is 0 Å². The third-order valence-electron chi connectivity index (χ3n) is 3.06. The first-order chi connectivity index (χ1) is 8.04. The molecule has 1 aliphatic carbocycles. The summed E-state index contributed by atoms with van der Waals surface area (Å²) in [7, 11) is 0. The van der Waals surface area contributed by atoms with Crippen molar-refractivity contribution in [2.75, 3.05) is 13.1 Å². The number of carboxylic acids is 1. The maximum Gasteiger partial charge on any atom is 0.305 e. The number of hydrogen-bond donors (Lipinski definition) is 3. The number of aliphatic carboxylic acids is 1. The molecule has 2 atom stereocenters. The monoisotopic (exact) mass is 242 g/mol. The summed E-state index contributed by atoms with van der Waals surface area (Å²) in [6.07, 6.45) is 2.09. The van der Waals surface area contributed by atoms with E-state index < -0.39 is 5.97 Å². The van der Waals surface area contributed by atoms with Crippen molar-refractivity contribution in [2.45, 2.75) is 39.2 Å². The van der Waals surface area contributed by atoms with Gasteiger partial charge in [-0.3, -0.25) is 9.59 Å². The van der Waals surface area contributed by atoms with Gasteiger partial charge in [0, 0.05) is 18.5 Å². The highest BCUT2D eigenvalue weighted by atomic mass is 16.4. The van der Waals surface area contributed by atoms with Gasteiger partial charge in [-0.25, -0.2) is 0 Å². The van der Waals surface area contributed by atoms with Crippen LogP contribution in [0.2, 0.25) is 0 Å². The number of carbonyl (C=O) groups is 2. The molecular weight excluding hydrogens is 220 g/mol. The van der Waals surface area contributed by atoms with Gasteiger partial charge < -0.3 is 15.7 Å². The molecule has 1 amide bonds. The molecule has 0 aromatic rings. The molecule has 17 heavy (non-hydrogen) atoms. The largest absolute Gasteiger partial charge is 0.481 e. The van der Waals surface area contributed by atoms with Gasteiger partial charge in [-0.2, -0.15) is 0 Å². The SMILES string of the molecule is CCNCC(C)C(=O)NC(CC(=O)O)C1CC1. The Balaban J connectivity index is 2.37. The highest BCUT2D eigenvalue weighted by Gasteiger charge is 2.34. The minimum Gasteiger partial charge on any atom is -0.481 e. The van der Waals surface area contributed by atoms with Gasteiger partial charge in [0.1, 0.15) is 0 Å². The second kappa shape index (κ2) is 6.59. The Morgan fingerprint density at radius 1 is 1.41 bits per heavy atom. The molecule has 1 fully saturated rings.